The van der Waals surface area contributed by atoms with Crippen LogP contribution in [0.15, 0.2) is 6.07 Å². The van der Waals surface area contributed by atoms with Crippen molar-refractivity contribution in [2.45, 2.75) is 20.3 Å². The second kappa shape index (κ2) is 5.61. The van der Waals surface area contributed by atoms with Crippen molar-refractivity contribution in [1.82, 2.24) is 10.3 Å². The van der Waals surface area contributed by atoms with Gasteiger partial charge < -0.3 is 15.8 Å². The van der Waals surface area contributed by atoms with Gasteiger partial charge >= 0.3 is 0 Å². The molecule has 2 aromatic heterocycles. The van der Waals surface area contributed by atoms with Crippen LogP contribution in [-0.4, -0.2) is 30.6 Å². The van der Waals surface area contributed by atoms with Crippen LogP contribution in [0.3, 0.4) is 0 Å². The lowest BCUT2D eigenvalue weighted by atomic mass is 10.1. The number of nitrogens with one attached hydrogen (secondary N) is 1. The summed E-state index contributed by atoms with van der Waals surface area (Å²) in [6.07, 6.45) is 1.00. The van der Waals surface area contributed by atoms with Crippen LogP contribution < -0.4 is 11.1 Å². The number of carbonyl (C=O) groups is 1. The summed E-state index contributed by atoms with van der Waals surface area (Å²) in [6, 6.07) is 1.99. The Labute approximate surface area is 127 Å². The van der Waals surface area contributed by atoms with Crippen molar-refractivity contribution < 1.29 is 9.53 Å². The van der Waals surface area contributed by atoms with Gasteiger partial charge in [0.1, 0.15) is 9.71 Å². The molecule has 0 aromatic carbocycles. The number of pyridine rings is 1. The predicted octanol–water partition coefficient (Wildman–Crippen LogP) is 2.26. The maximum atomic E-state index is 12.3. The Balaban J connectivity index is 1.84. The minimum atomic E-state index is -0.112. The number of hydrogen-bond acceptors (Lipinski definition) is 5. The molecule has 112 valence electrons. The van der Waals surface area contributed by atoms with Crippen LogP contribution in [0.1, 0.15) is 27.3 Å². The first kappa shape index (κ1) is 14.3. The van der Waals surface area contributed by atoms with Crippen LogP contribution in [0.25, 0.3) is 10.2 Å². The Morgan fingerprint density at radius 2 is 2.38 bits per heavy atom. The van der Waals surface area contributed by atoms with E-state index in [-0.39, 0.29) is 5.91 Å². The van der Waals surface area contributed by atoms with E-state index < -0.39 is 0 Å². The molecular formula is C15H19N3O2S. The number of rotatable bonds is 3. The molecule has 1 unspecified atom stereocenters. The van der Waals surface area contributed by atoms with E-state index in [9.17, 15) is 4.79 Å². The number of nitrogens with two attached hydrogens (primary N) is 1. The molecule has 5 nitrogen and oxygen atoms in total. The Kier molecular flexibility index (Phi) is 3.82. The molecule has 1 atom stereocenters. The van der Waals surface area contributed by atoms with Crippen molar-refractivity contribution in [3.05, 3.63) is 22.2 Å². The summed E-state index contributed by atoms with van der Waals surface area (Å²) in [5.41, 5.74) is 8.71. The van der Waals surface area contributed by atoms with E-state index in [1.807, 2.05) is 19.9 Å². The number of hydrogen-bond donors (Lipinski definition) is 2. The van der Waals surface area contributed by atoms with E-state index in [2.05, 4.69) is 10.3 Å². The quantitative estimate of drug-likeness (QED) is 0.912. The zero-order valence-electron chi connectivity index (χ0n) is 12.2. The Hall–Kier alpha value is -1.66. The van der Waals surface area contributed by atoms with Crippen molar-refractivity contribution in [3.63, 3.8) is 0 Å². The number of nitrogen functional groups attached to an aromatic ring is 1. The van der Waals surface area contributed by atoms with Crippen molar-refractivity contribution in [2.75, 3.05) is 25.5 Å². The number of aromatic nitrogens is 1. The van der Waals surface area contributed by atoms with Crippen LogP contribution in [-0.2, 0) is 4.74 Å². The minimum absolute atomic E-state index is 0.112. The van der Waals surface area contributed by atoms with Crippen molar-refractivity contribution >= 4 is 33.1 Å². The molecular weight excluding hydrogens is 286 g/mol. The highest BCUT2D eigenvalue weighted by Crippen LogP contribution is 2.34. The van der Waals surface area contributed by atoms with Crippen LogP contribution in [0.4, 0.5) is 5.69 Å². The highest BCUT2D eigenvalue weighted by molar-refractivity contribution is 7.21. The lowest BCUT2D eigenvalue weighted by Gasteiger charge is -2.08. The number of carbonyl (C=O) groups excluding carboxylic acids is 1. The zero-order chi connectivity index (χ0) is 15.0. The number of thiophene rings is 1. The molecule has 1 amide bonds. The summed E-state index contributed by atoms with van der Waals surface area (Å²) < 4.78 is 5.31. The average Bonchev–Trinajstić information content (AvgIpc) is 3.04. The van der Waals surface area contributed by atoms with Gasteiger partial charge in [-0.25, -0.2) is 4.98 Å². The summed E-state index contributed by atoms with van der Waals surface area (Å²) in [7, 11) is 0. The first-order chi connectivity index (χ1) is 10.1. The van der Waals surface area contributed by atoms with E-state index in [4.69, 9.17) is 10.5 Å². The Morgan fingerprint density at radius 3 is 3.10 bits per heavy atom. The third-order valence-electron chi connectivity index (χ3n) is 3.81. The monoisotopic (exact) mass is 305 g/mol. The molecule has 1 fully saturated rings. The molecule has 3 heterocycles. The fraction of sp³-hybridized carbons (Fsp3) is 0.467. The SMILES string of the molecule is Cc1cc(C)c2c(N)c(C(=O)NCC3CCOC3)sc2n1. The zero-order valence-corrected chi connectivity index (χ0v) is 13.0. The molecule has 0 aliphatic carbocycles. The van der Waals surface area contributed by atoms with Gasteiger partial charge in [-0.05, 0) is 31.9 Å². The van der Waals surface area contributed by atoms with Gasteiger partial charge in [-0.1, -0.05) is 0 Å². The second-order valence-corrected chi connectivity index (χ2v) is 6.54. The number of nitrogens with zero attached hydrogens (tertiary/aromatic N) is 1. The summed E-state index contributed by atoms with van der Waals surface area (Å²) >= 11 is 1.36. The smallest absolute Gasteiger partial charge is 0.263 e. The van der Waals surface area contributed by atoms with Crippen LogP contribution in [0, 0.1) is 19.8 Å². The van der Waals surface area contributed by atoms with E-state index in [0.717, 1.165) is 41.1 Å². The van der Waals surface area contributed by atoms with Gasteiger partial charge in [-0.2, -0.15) is 0 Å². The van der Waals surface area contributed by atoms with Crippen LogP contribution in [0.5, 0.6) is 0 Å². The first-order valence-corrected chi connectivity index (χ1v) is 7.90. The number of ether oxygens (including phenoxy) is 1. The average molecular weight is 305 g/mol. The molecule has 1 aliphatic heterocycles. The van der Waals surface area contributed by atoms with Gasteiger partial charge in [0, 0.05) is 30.1 Å². The summed E-state index contributed by atoms with van der Waals surface area (Å²) in [5, 5.41) is 3.86. The van der Waals surface area contributed by atoms with Gasteiger partial charge in [0.05, 0.1) is 12.3 Å². The lowest BCUT2D eigenvalue weighted by molar-refractivity contribution is 0.0950. The number of aryl methyl sites for hydroxylation is 2. The van der Waals surface area contributed by atoms with Gasteiger partial charge in [-0.15, -0.1) is 11.3 Å². The van der Waals surface area contributed by atoms with E-state index in [1.54, 1.807) is 0 Å². The van der Waals surface area contributed by atoms with E-state index in [0.29, 0.717) is 23.0 Å². The third kappa shape index (κ3) is 2.73. The molecule has 1 aliphatic rings. The molecule has 6 heteroatoms. The third-order valence-corrected chi connectivity index (χ3v) is 4.90. The normalized spacial score (nSPS) is 18.3. The fourth-order valence-corrected chi connectivity index (χ4v) is 3.83. The van der Waals surface area contributed by atoms with Crippen LogP contribution >= 0.6 is 11.3 Å². The molecule has 2 aromatic rings. The molecule has 0 radical (unpaired) electrons. The van der Waals surface area contributed by atoms with Crippen molar-refractivity contribution in [3.8, 4) is 0 Å². The standard InChI is InChI=1S/C15H19N3O2S/c1-8-5-9(2)18-15-11(8)12(16)13(21-15)14(19)17-6-10-3-4-20-7-10/h5,10H,3-4,6-7,16H2,1-2H3,(H,17,19). The molecule has 3 rings (SSSR count). The molecule has 0 bridgehead atoms. The highest BCUT2D eigenvalue weighted by Gasteiger charge is 2.21. The first-order valence-electron chi connectivity index (χ1n) is 7.08. The van der Waals surface area contributed by atoms with Crippen LogP contribution in [0.2, 0.25) is 0 Å². The van der Waals surface area contributed by atoms with E-state index >= 15 is 0 Å². The van der Waals surface area contributed by atoms with Crippen molar-refractivity contribution in [1.29, 1.82) is 0 Å². The van der Waals surface area contributed by atoms with Gasteiger partial charge in [0.15, 0.2) is 0 Å². The van der Waals surface area contributed by atoms with Gasteiger partial charge in [0.2, 0.25) is 0 Å². The molecule has 3 N–H and O–H groups in total. The summed E-state index contributed by atoms with van der Waals surface area (Å²) in [4.78, 5) is 18.2. The number of anilines is 1. The molecule has 0 saturated carbocycles. The Bertz CT molecular complexity index is 690. The maximum absolute atomic E-state index is 12.3. The Morgan fingerprint density at radius 1 is 1.57 bits per heavy atom. The number of fused-ring (bicyclic) bond motifs is 1. The second-order valence-electron chi connectivity index (χ2n) is 5.55. The molecule has 21 heavy (non-hydrogen) atoms. The molecule has 0 spiro atoms. The van der Waals surface area contributed by atoms with Gasteiger partial charge in [-0.3, -0.25) is 4.79 Å². The lowest BCUT2D eigenvalue weighted by Crippen LogP contribution is -2.29. The number of amides is 1. The topological polar surface area (TPSA) is 77.2 Å². The largest absolute Gasteiger partial charge is 0.397 e. The van der Waals surface area contributed by atoms with Gasteiger partial charge in [0.25, 0.3) is 5.91 Å². The summed E-state index contributed by atoms with van der Waals surface area (Å²) in [5.74, 6) is 0.297. The maximum Gasteiger partial charge on any atom is 0.263 e. The summed E-state index contributed by atoms with van der Waals surface area (Å²) in [6.45, 7) is 6.09. The fourth-order valence-electron chi connectivity index (χ4n) is 2.70. The predicted molar refractivity (Wildman–Crippen MR) is 84.8 cm³/mol. The van der Waals surface area contributed by atoms with Crippen molar-refractivity contribution in [2.24, 2.45) is 5.92 Å². The minimum Gasteiger partial charge on any atom is -0.397 e. The highest BCUT2D eigenvalue weighted by atomic mass is 32.1. The van der Waals surface area contributed by atoms with E-state index in [1.165, 1.54) is 11.3 Å². The molecule has 1 saturated heterocycles.